The maximum absolute atomic E-state index is 11.5. The highest BCUT2D eigenvalue weighted by molar-refractivity contribution is 7.49. The first-order valence-electron chi connectivity index (χ1n) is 7.56. The van der Waals surface area contributed by atoms with E-state index < -0.39 is 31.2 Å². The van der Waals surface area contributed by atoms with E-state index in [4.69, 9.17) is 9.79 Å². The minimum absolute atomic E-state index is 0.0204. The summed E-state index contributed by atoms with van der Waals surface area (Å²) in [4.78, 5) is 29.8. The first-order valence-corrected chi connectivity index (χ1v) is 9.17. The summed E-state index contributed by atoms with van der Waals surface area (Å²) < 4.78 is 11.2. The van der Waals surface area contributed by atoms with Crippen molar-refractivity contribution in [3.63, 3.8) is 0 Å². The van der Waals surface area contributed by atoms with Crippen LogP contribution in [-0.4, -0.2) is 36.7 Å². The van der Waals surface area contributed by atoms with Gasteiger partial charge in [0, 0.05) is 17.7 Å². The highest BCUT2D eigenvalue weighted by Crippen LogP contribution is 2.42. The SMILES string of the molecule is CCC(c1ccc(O)cc1)C(O)(O)C1C=CC(=O)C=C1NP(=O)(O)O. The molecule has 2 unspecified atom stereocenters. The molecule has 0 radical (unpaired) electrons. The quantitative estimate of drug-likeness (QED) is 0.320. The Morgan fingerprint density at radius 1 is 1.24 bits per heavy atom. The fourth-order valence-electron chi connectivity index (χ4n) is 2.93. The summed E-state index contributed by atoms with van der Waals surface area (Å²) in [6, 6.07) is 5.86. The molecule has 0 aromatic heterocycles. The van der Waals surface area contributed by atoms with Crippen molar-refractivity contribution in [1.82, 2.24) is 5.09 Å². The van der Waals surface area contributed by atoms with Gasteiger partial charge in [0.05, 0.1) is 5.92 Å². The molecule has 1 aliphatic carbocycles. The third kappa shape index (κ3) is 4.56. The van der Waals surface area contributed by atoms with Gasteiger partial charge in [-0.1, -0.05) is 25.1 Å². The average Bonchev–Trinajstić information content (AvgIpc) is 2.47. The van der Waals surface area contributed by atoms with Crippen molar-refractivity contribution < 1.29 is 34.5 Å². The van der Waals surface area contributed by atoms with E-state index in [2.05, 4.69) is 0 Å². The van der Waals surface area contributed by atoms with Gasteiger partial charge in [-0.2, -0.15) is 0 Å². The second kappa shape index (κ2) is 7.11. The van der Waals surface area contributed by atoms with Gasteiger partial charge >= 0.3 is 7.75 Å². The molecule has 9 heteroatoms. The molecule has 1 aliphatic rings. The van der Waals surface area contributed by atoms with E-state index in [0.29, 0.717) is 12.0 Å². The minimum Gasteiger partial charge on any atom is -0.508 e. The van der Waals surface area contributed by atoms with Gasteiger partial charge in [0.25, 0.3) is 0 Å². The Labute approximate surface area is 144 Å². The van der Waals surface area contributed by atoms with Crippen LogP contribution in [-0.2, 0) is 9.36 Å². The van der Waals surface area contributed by atoms with Gasteiger partial charge in [-0.05, 0) is 30.2 Å². The summed E-state index contributed by atoms with van der Waals surface area (Å²) in [6.45, 7) is 1.72. The van der Waals surface area contributed by atoms with E-state index in [-0.39, 0.29) is 11.4 Å². The molecule has 6 N–H and O–H groups in total. The molecule has 2 rings (SSSR count). The molecule has 1 aromatic carbocycles. The zero-order chi connectivity index (χ0) is 18.8. The Kier molecular flexibility index (Phi) is 5.51. The van der Waals surface area contributed by atoms with Gasteiger partial charge in [-0.3, -0.25) is 9.88 Å². The lowest BCUT2D eigenvalue weighted by Crippen LogP contribution is -2.46. The number of allylic oxidation sites excluding steroid dienone is 2. The Morgan fingerprint density at radius 2 is 1.84 bits per heavy atom. The number of ketones is 1. The van der Waals surface area contributed by atoms with Crippen molar-refractivity contribution >= 4 is 13.5 Å². The van der Waals surface area contributed by atoms with Crippen LogP contribution in [0.15, 0.2) is 48.2 Å². The predicted octanol–water partition coefficient (Wildman–Crippen LogP) is 0.888. The molecular formula is C16H20NO7P. The van der Waals surface area contributed by atoms with Crippen LogP contribution in [0.4, 0.5) is 0 Å². The van der Waals surface area contributed by atoms with Gasteiger partial charge in [-0.25, -0.2) is 4.57 Å². The van der Waals surface area contributed by atoms with Crippen LogP contribution in [0.5, 0.6) is 5.75 Å². The normalized spacial score (nSPS) is 19.5. The molecule has 0 spiro atoms. The van der Waals surface area contributed by atoms with Crippen molar-refractivity contribution in [3.05, 3.63) is 53.8 Å². The second-order valence-electron chi connectivity index (χ2n) is 5.83. The summed E-state index contributed by atoms with van der Waals surface area (Å²) in [6.07, 6.45) is 3.53. The third-order valence-electron chi connectivity index (χ3n) is 4.03. The molecule has 25 heavy (non-hydrogen) atoms. The van der Waals surface area contributed by atoms with Gasteiger partial charge in [0.1, 0.15) is 5.75 Å². The number of carbonyl (C=O) groups is 1. The second-order valence-corrected chi connectivity index (χ2v) is 7.14. The van der Waals surface area contributed by atoms with Crippen LogP contribution in [0, 0.1) is 5.92 Å². The Morgan fingerprint density at radius 3 is 2.36 bits per heavy atom. The predicted molar refractivity (Wildman–Crippen MR) is 89.2 cm³/mol. The van der Waals surface area contributed by atoms with Crippen LogP contribution in [0.3, 0.4) is 0 Å². The number of rotatable bonds is 6. The molecule has 136 valence electrons. The number of carbonyl (C=O) groups excluding carboxylic acids is 1. The Hall–Kier alpha value is -1.96. The molecule has 8 nitrogen and oxygen atoms in total. The molecule has 1 aromatic rings. The van der Waals surface area contributed by atoms with Crippen molar-refractivity contribution in [2.75, 3.05) is 0 Å². The topological polar surface area (TPSA) is 147 Å². The molecule has 0 bridgehead atoms. The summed E-state index contributed by atoms with van der Waals surface area (Å²) >= 11 is 0. The Balaban J connectivity index is 2.41. The fourth-order valence-corrected chi connectivity index (χ4v) is 3.47. The van der Waals surface area contributed by atoms with Crippen LogP contribution < -0.4 is 5.09 Å². The van der Waals surface area contributed by atoms with E-state index in [1.165, 1.54) is 30.3 Å². The molecule has 0 heterocycles. The van der Waals surface area contributed by atoms with Crippen molar-refractivity contribution in [1.29, 1.82) is 0 Å². The van der Waals surface area contributed by atoms with Crippen LogP contribution in [0.2, 0.25) is 0 Å². The van der Waals surface area contributed by atoms with E-state index >= 15 is 0 Å². The zero-order valence-electron chi connectivity index (χ0n) is 13.4. The third-order valence-corrected chi connectivity index (χ3v) is 4.58. The van der Waals surface area contributed by atoms with Gasteiger partial charge in [-0.15, -0.1) is 0 Å². The lowest BCUT2D eigenvalue weighted by molar-refractivity contribution is -0.199. The summed E-state index contributed by atoms with van der Waals surface area (Å²) in [5.41, 5.74) is 0.245. The van der Waals surface area contributed by atoms with E-state index in [1.807, 2.05) is 5.09 Å². The number of hydrogen-bond acceptors (Lipinski definition) is 5. The molecular weight excluding hydrogens is 349 g/mol. The summed E-state index contributed by atoms with van der Waals surface area (Å²) in [5, 5.41) is 32.8. The highest BCUT2D eigenvalue weighted by Gasteiger charge is 2.44. The molecule has 0 fully saturated rings. The first kappa shape index (κ1) is 19.4. The molecule has 0 amide bonds. The van der Waals surface area contributed by atoms with E-state index in [1.54, 1.807) is 6.92 Å². The number of aliphatic hydroxyl groups is 2. The molecule has 2 atom stereocenters. The molecule has 0 saturated heterocycles. The summed E-state index contributed by atoms with van der Waals surface area (Å²) in [5.74, 6) is -5.03. The van der Waals surface area contributed by atoms with E-state index in [9.17, 15) is 24.7 Å². The average molecular weight is 369 g/mol. The van der Waals surface area contributed by atoms with Crippen molar-refractivity contribution in [2.24, 2.45) is 5.92 Å². The number of benzene rings is 1. The van der Waals surface area contributed by atoms with Crippen LogP contribution in [0.25, 0.3) is 0 Å². The standard InChI is InChI=1S/C16H20NO7P/c1-2-13(10-3-5-11(18)6-4-10)16(20,21)14-8-7-12(19)9-15(14)17-25(22,23)24/h3-9,13-14,18,20-21H,2H2,1H3,(H3,17,22,23,24). The largest absolute Gasteiger partial charge is 0.508 e. The molecule has 0 saturated carbocycles. The number of phenolic OH excluding ortho intramolecular Hbond substituents is 1. The molecule has 0 aliphatic heterocycles. The number of hydrogen-bond donors (Lipinski definition) is 6. The number of aromatic hydroxyl groups is 1. The lowest BCUT2D eigenvalue weighted by Gasteiger charge is -2.38. The number of nitrogens with one attached hydrogen (secondary N) is 1. The van der Waals surface area contributed by atoms with Crippen molar-refractivity contribution in [2.45, 2.75) is 25.0 Å². The monoisotopic (exact) mass is 369 g/mol. The van der Waals surface area contributed by atoms with Crippen LogP contribution >= 0.6 is 7.75 Å². The summed E-state index contributed by atoms with van der Waals surface area (Å²) in [7, 11) is -4.74. The first-order chi connectivity index (χ1) is 11.5. The lowest BCUT2D eigenvalue weighted by atomic mass is 9.78. The van der Waals surface area contributed by atoms with E-state index in [0.717, 1.165) is 12.2 Å². The van der Waals surface area contributed by atoms with Crippen molar-refractivity contribution in [3.8, 4) is 5.75 Å². The zero-order valence-corrected chi connectivity index (χ0v) is 14.3. The highest BCUT2D eigenvalue weighted by atomic mass is 31.2. The van der Waals surface area contributed by atoms with Gasteiger partial charge in [0.15, 0.2) is 11.6 Å². The minimum atomic E-state index is -4.74. The van der Waals surface area contributed by atoms with Gasteiger partial charge in [0.2, 0.25) is 0 Å². The maximum Gasteiger partial charge on any atom is 0.427 e. The van der Waals surface area contributed by atoms with Gasteiger partial charge < -0.3 is 25.1 Å². The maximum atomic E-state index is 11.5. The van der Waals surface area contributed by atoms with Crippen LogP contribution in [0.1, 0.15) is 24.8 Å². The number of phenols is 1. The fraction of sp³-hybridized carbons (Fsp3) is 0.312. The Bertz CT molecular complexity index is 748. The smallest absolute Gasteiger partial charge is 0.427 e.